The van der Waals surface area contributed by atoms with E-state index in [-0.39, 0.29) is 34.0 Å². The highest BCUT2D eigenvalue weighted by Gasteiger charge is 2.30. The number of ether oxygens (including phenoxy) is 2. The number of nitrogens with zero attached hydrogens (tertiary/aromatic N) is 7. The molecule has 1 fully saturated rings. The summed E-state index contributed by atoms with van der Waals surface area (Å²) in [5.41, 5.74) is 1.11. The second-order valence-electron chi connectivity index (χ2n) is 8.40. The van der Waals surface area contributed by atoms with E-state index in [4.69, 9.17) is 26.1 Å². The van der Waals surface area contributed by atoms with Crippen LogP contribution in [-0.2, 0) is 23.3 Å². The molecule has 1 aliphatic heterocycles. The Kier molecular flexibility index (Phi) is 6.22. The first-order chi connectivity index (χ1) is 16.8. The first-order valence-electron chi connectivity index (χ1n) is 10.9. The molecule has 12 heteroatoms. The zero-order valence-corrected chi connectivity index (χ0v) is 20.1. The normalized spacial score (nSPS) is 18.4. The number of morpholine rings is 1. The predicted molar refractivity (Wildman–Crippen MR) is 128 cm³/mol. The van der Waals surface area contributed by atoms with Crippen molar-refractivity contribution in [2.24, 2.45) is 7.05 Å². The molecule has 1 aliphatic rings. The van der Waals surface area contributed by atoms with Gasteiger partial charge in [-0.05, 0) is 25.1 Å². The smallest absolute Gasteiger partial charge is 0.293 e. The van der Waals surface area contributed by atoms with Gasteiger partial charge in [0.15, 0.2) is 0 Å². The molecule has 2 atom stereocenters. The fraction of sp³-hybridized carbons (Fsp3) is 0.348. The molecular formula is C23H23ClFN7O3. The van der Waals surface area contributed by atoms with Gasteiger partial charge in [-0.2, -0.15) is 10.2 Å². The zero-order chi connectivity index (χ0) is 24.7. The first-order valence-corrected chi connectivity index (χ1v) is 11.3. The maximum absolute atomic E-state index is 14.9. The van der Waals surface area contributed by atoms with Crippen molar-refractivity contribution in [3.8, 4) is 11.3 Å². The van der Waals surface area contributed by atoms with E-state index in [2.05, 4.69) is 15.2 Å². The average molecular weight is 500 g/mol. The summed E-state index contributed by atoms with van der Waals surface area (Å²) in [4.78, 5) is 24.2. The second kappa shape index (κ2) is 9.33. The minimum absolute atomic E-state index is 0.153. The number of methoxy groups -OCH3 is 1. The van der Waals surface area contributed by atoms with E-state index in [1.807, 2.05) is 18.0 Å². The van der Waals surface area contributed by atoms with E-state index in [1.165, 1.54) is 30.1 Å². The van der Waals surface area contributed by atoms with E-state index >= 15 is 0 Å². The molecule has 0 spiro atoms. The van der Waals surface area contributed by atoms with Crippen LogP contribution >= 0.6 is 11.6 Å². The van der Waals surface area contributed by atoms with Gasteiger partial charge in [0.1, 0.15) is 24.2 Å². The van der Waals surface area contributed by atoms with Crippen LogP contribution in [0.4, 0.5) is 10.3 Å². The van der Waals surface area contributed by atoms with Gasteiger partial charge in [0, 0.05) is 43.0 Å². The second-order valence-corrected chi connectivity index (χ2v) is 8.84. The van der Waals surface area contributed by atoms with Gasteiger partial charge < -0.3 is 14.4 Å². The summed E-state index contributed by atoms with van der Waals surface area (Å²) in [5.74, 6) is -0.252. The number of rotatable bonds is 5. The molecule has 35 heavy (non-hydrogen) atoms. The summed E-state index contributed by atoms with van der Waals surface area (Å²) in [7, 11) is 3.14. The Bertz CT molecular complexity index is 1460. The summed E-state index contributed by atoms with van der Waals surface area (Å²) in [6.07, 6.45) is 4.60. The first kappa shape index (κ1) is 23.3. The van der Waals surface area contributed by atoms with Gasteiger partial charge in [-0.1, -0.05) is 11.6 Å². The molecule has 3 aromatic heterocycles. The Hall–Kier alpha value is -3.41. The minimum atomic E-state index is -0.553. The van der Waals surface area contributed by atoms with Crippen molar-refractivity contribution >= 4 is 28.5 Å². The van der Waals surface area contributed by atoms with Crippen molar-refractivity contribution in [3.05, 3.63) is 63.5 Å². The lowest BCUT2D eigenvalue weighted by atomic mass is 10.1. The number of hydrogen-bond donors (Lipinski definition) is 0. The SMILES string of the molecule is COCn1cc([C@H]2CN(c3nc(-c4ccc(Cl)cc4F)c4cnn(C)c(=O)c4n3)C[C@H](C)O2)cn1. The third-order valence-corrected chi connectivity index (χ3v) is 6.04. The van der Waals surface area contributed by atoms with Gasteiger partial charge in [0.05, 0.1) is 36.1 Å². The predicted octanol–water partition coefficient (Wildman–Crippen LogP) is 2.95. The number of anilines is 1. The van der Waals surface area contributed by atoms with Crippen LogP contribution < -0.4 is 10.5 Å². The van der Waals surface area contributed by atoms with Gasteiger partial charge in [0.2, 0.25) is 5.95 Å². The number of benzene rings is 1. The largest absolute Gasteiger partial charge is 0.367 e. The summed E-state index contributed by atoms with van der Waals surface area (Å²) >= 11 is 5.96. The average Bonchev–Trinajstić information content (AvgIpc) is 3.30. The molecule has 0 radical (unpaired) electrons. The molecule has 0 bridgehead atoms. The number of hydrogen-bond acceptors (Lipinski definition) is 8. The van der Waals surface area contributed by atoms with Crippen LogP contribution in [0.3, 0.4) is 0 Å². The van der Waals surface area contributed by atoms with Crippen LogP contribution in [-0.4, -0.2) is 55.8 Å². The Labute approximate surface area is 204 Å². The molecule has 4 heterocycles. The number of halogens is 2. The van der Waals surface area contributed by atoms with Crippen LogP contribution in [0.2, 0.25) is 5.02 Å². The quantitative estimate of drug-likeness (QED) is 0.413. The third kappa shape index (κ3) is 4.49. The molecule has 0 saturated carbocycles. The molecule has 0 amide bonds. The van der Waals surface area contributed by atoms with Gasteiger partial charge in [-0.15, -0.1) is 0 Å². The molecule has 5 rings (SSSR count). The van der Waals surface area contributed by atoms with Crippen LogP contribution in [0.25, 0.3) is 22.2 Å². The van der Waals surface area contributed by atoms with E-state index in [0.717, 1.165) is 5.56 Å². The molecule has 182 valence electrons. The van der Waals surface area contributed by atoms with Gasteiger partial charge in [-0.25, -0.2) is 23.7 Å². The topological polar surface area (TPSA) is 100 Å². The molecule has 0 aliphatic carbocycles. The lowest BCUT2D eigenvalue weighted by molar-refractivity contribution is -0.0179. The molecule has 0 N–H and O–H groups in total. The van der Waals surface area contributed by atoms with Gasteiger partial charge in [0.25, 0.3) is 5.56 Å². The number of aromatic nitrogens is 6. The Morgan fingerprint density at radius 1 is 1.23 bits per heavy atom. The van der Waals surface area contributed by atoms with E-state index in [0.29, 0.717) is 31.2 Å². The molecule has 1 aromatic carbocycles. The maximum Gasteiger partial charge on any atom is 0.293 e. The van der Waals surface area contributed by atoms with Crippen molar-refractivity contribution < 1.29 is 13.9 Å². The van der Waals surface area contributed by atoms with Crippen LogP contribution in [0, 0.1) is 5.82 Å². The van der Waals surface area contributed by atoms with Crippen molar-refractivity contribution in [2.75, 3.05) is 25.1 Å². The highest BCUT2D eigenvalue weighted by Crippen LogP contribution is 2.32. The van der Waals surface area contributed by atoms with Crippen molar-refractivity contribution in [3.63, 3.8) is 0 Å². The third-order valence-electron chi connectivity index (χ3n) is 5.81. The summed E-state index contributed by atoms with van der Waals surface area (Å²) < 4.78 is 29.1. The van der Waals surface area contributed by atoms with Crippen molar-refractivity contribution in [1.82, 2.24) is 29.5 Å². The fourth-order valence-corrected chi connectivity index (χ4v) is 4.33. The summed E-state index contributed by atoms with van der Waals surface area (Å²) in [6, 6.07) is 4.33. The van der Waals surface area contributed by atoms with E-state index < -0.39 is 11.4 Å². The fourth-order valence-electron chi connectivity index (χ4n) is 4.17. The van der Waals surface area contributed by atoms with Crippen LogP contribution in [0.5, 0.6) is 0 Å². The van der Waals surface area contributed by atoms with Crippen LogP contribution in [0.15, 0.2) is 41.6 Å². The molecular weight excluding hydrogens is 477 g/mol. The van der Waals surface area contributed by atoms with Crippen molar-refractivity contribution in [1.29, 1.82) is 0 Å². The van der Waals surface area contributed by atoms with E-state index in [9.17, 15) is 9.18 Å². The Balaban J connectivity index is 1.61. The van der Waals surface area contributed by atoms with E-state index in [1.54, 1.807) is 24.1 Å². The van der Waals surface area contributed by atoms with Gasteiger partial charge in [-0.3, -0.25) is 4.79 Å². The molecule has 1 saturated heterocycles. The molecule has 10 nitrogen and oxygen atoms in total. The number of fused-ring (bicyclic) bond motifs is 1. The maximum atomic E-state index is 14.9. The minimum Gasteiger partial charge on any atom is -0.367 e. The van der Waals surface area contributed by atoms with Gasteiger partial charge >= 0.3 is 0 Å². The summed E-state index contributed by atoms with van der Waals surface area (Å²) in [6.45, 7) is 3.18. The highest BCUT2D eigenvalue weighted by molar-refractivity contribution is 6.30. The van der Waals surface area contributed by atoms with Crippen LogP contribution in [0.1, 0.15) is 18.6 Å². The Morgan fingerprint density at radius 2 is 2.06 bits per heavy atom. The monoisotopic (exact) mass is 499 g/mol. The molecule has 0 unspecified atom stereocenters. The highest BCUT2D eigenvalue weighted by atomic mass is 35.5. The summed E-state index contributed by atoms with van der Waals surface area (Å²) in [5, 5.41) is 9.00. The zero-order valence-electron chi connectivity index (χ0n) is 19.4. The lowest BCUT2D eigenvalue weighted by Gasteiger charge is -2.36. The number of aryl methyl sites for hydroxylation is 1. The lowest BCUT2D eigenvalue weighted by Crippen LogP contribution is -2.43. The van der Waals surface area contributed by atoms with Crippen molar-refractivity contribution in [2.45, 2.75) is 25.9 Å². The standard InChI is InChI=1S/C23H23ClFN7O3/c1-13-9-31(11-19(35-13)14-7-27-32(10-14)12-34-3)23-28-20(16-5-4-15(24)6-18(16)25)17-8-26-30(2)22(33)21(17)29-23/h4-8,10,13,19H,9,11-12H2,1-3H3/t13-,19+/m0/s1. The molecule has 4 aromatic rings. The Morgan fingerprint density at radius 3 is 2.83 bits per heavy atom.